The molecule has 0 saturated heterocycles. The van der Waals surface area contributed by atoms with E-state index in [2.05, 4.69) is 37.5 Å². The summed E-state index contributed by atoms with van der Waals surface area (Å²) in [6.07, 6.45) is 6.64. The molecule has 3 heteroatoms. The molecule has 0 spiro atoms. The molecule has 0 radical (unpaired) electrons. The summed E-state index contributed by atoms with van der Waals surface area (Å²) in [5, 5.41) is 0. The Balaban J connectivity index is 2.26. The first-order valence-electron chi connectivity index (χ1n) is 7.74. The molecule has 3 nitrogen and oxygen atoms in total. The number of nitrogens with one attached hydrogen (secondary N) is 1. The molecule has 1 saturated carbocycles. The standard InChI is InChI=1S/C17H28N2O/c1-12-8-7-11-15(13(12)2)16(19-18)17(20-3)14-9-5-4-6-10-14/h7-8,11,14,16-17,19H,4-6,9-10,18H2,1-3H3. The predicted molar refractivity (Wildman–Crippen MR) is 83.4 cm³/mol. The van der Waals surface area contributed by atoms with Crippen LogP contribution in [0.1, 0.15) is 54.8 Å². The number of hydrogen-bond donors (Lipinski definition) is 2. The van der Waals surface area contributed by atoms with Gasteiger partial charge in [-0.2, -0.15) is 0 Å². The maximum absolute atomic E-state index is 5.88. The molecule has 1 aliphatic carbocycles. The van der Waals surface area contributed by atoms with Crippen LogP contribution in [0, 0.1) is 19.8 Å². The minimum atomic E-state index is 0.0722. The third kappa shape index (κ3) is 3.22. The molecule has 0 heterocycles. The molecule has 0 aliphatic heterocycles. The Morgan fingerprint density at radius 1 is 1.20 bits per heavy atom. The topological polar surface area (TPSA) is 47.3 Å². The summed E-state index contributed by atoms with van der Waals surface area (Å²) in [4.78, 5) is 0. The van der Waals surface area contributed by atoms with Crippen molar-refractivity contribution in [3.63, 3.8) is 0 Å². The third-order valence-electron chi connectivity index (χ3n) is 4.88. The Bertz CT molecular complexity index is 427. The molecule has 1 aromatic rings. The summed E-state index contributed by atoms with van der Waals surface area (Å²) in [5.74, 6) is 6.48. The Morgan fingerprint density at radius 3 is 2.50 bits per heavy atom. The molecule has 0 amide bonds. The molecule has 3 N–H and O–H groups in total. The SMILES string of the molecule is COC(C1CCCCC1)C(NN)c1cccc(C)c1C. The van der Waals surface area contributed by atoms with Gasteiger partial charge >= 0.3 is 0 Å². The highest BCUT2D eigenvalue weighted by Crippen LogP contribution is 2.35. The lowest BCUT2D eigenvalue weighted by Gasteiger charge is -2.35. The molecule has 1 fully saturated rings. The molecular weight excluding hydrogens is 248 g/mol. The number of ether oxygens (including phenoxy) is 1. The lowest BCUT2D eigenvalue weighted by molar-refractivity contribution is 0.00733. The van der Waals surface area contributed by atoms with Crippen molar-refractivity contribution in [1.29, 1.82) is 0 Å². The van der Waals surface area contributed by atoms with Gasteiger partial charge < -0.3 is 4.74 Å². The Kier molecular flexibility index (Phi) is 5.58. The fourth-order valence-electron chi connectivity index (χ4n) is 3.54. The van der Waals surface area contributed by atoms with E-state index < -0.39 is 0 Å². The van der Waals surface area contributed by atoms with Crippen LogP contribution in [-0.2, 0) is 4.74 Å². The average Bonchev–Trinajstić information content (AvgIpc) is 2.49. The van der Waals surface area contributed by atoms with E-state index >= 15 is 0 Å². The van der Waals surface area contributed by atoms with Crippen LogP contribution in [0.25, 0.3) is 0 Å². The van der Waals surface area contributed by atoms with Gasteiger partial charge in [-0.25, -0.2) is 0 Å². The van der Waals surface area contributed by atoms with Crippen molar-refractivity contribution in [1.82, 2.24) is 5.43 Å². The zero-order chi connectivity index (χ0) is 14.5. The minimum absolute atomic E-state index is 0.0722. The molecule has 1 aromatic carbocycles. The van der Waals surface area contributed by atoms with E-state index in [1.807, 2.05) is 7.11 Å². The summed E-state index contributed by atoms with van der Waals surface area (Å²) in [6.45, 7) is 4.32. The largest absolute Gasteiger partial charge is 0.379 e. The zero-order valence-corrected chi connectivity index (χ0v) is 13.0. The molecule has 0 bridgehead atoms. The summed E-state index contributed by atoms with van der Waals surface area (Å²) in [7, 11) is 1.81. The predicted octanol–water partition coefficient (Wildman–Crippen LogP) is 3.40. The Labute approximate surface area is 122 Å². The van der Waals surface area contributed by atoms with E-state index in [-0.39, 0.29) is 12.1 Å². The van der Waals surface area contributed by atoms with Crippen LogP contribution in [0.3, 0.4) is 0 Å². The number of rotatable bonds is 5. The minimum Gasteiger partial charge on any atom is -0.379 e. The van der Waals surface area contributed by atoms with Crippen LogP contribution >= 0.6 is 0 Å². The van der Waals surface area contributed by atoms with Gasteiger partial charge in [-0.3, -0.25) is 11.3 Å². The summed E-state index contributed by atoms with van der Waals surface area (Å²) < 4.78 is 5.85. The van der Waals surface area contributed by atoms with Gasteiger partial charge in [-0.1, -0.05) is 37.5 Å². The summed E-state index contributed by atoms with van der Waals surface area (Å²) in [5.41, 5.74) is 6.90. The van der Waals surface area contributed by atoms with E-state index in [1.54, 1.807) is 0 Å². The van der Waals surface area contributed by atoms with Gasteiger partial charge in [0.1, 0.15) is 0 Å². The lowest BCUT2D eigenvalue weighted by Crippen LogP contribution is -2.42. The summed E-state index contributed by atoms with van der Waals surface area (Å²) >= 11 is 0. The van der Waals surface area contributed by atoms with E-state index in [9.17, 15) is 0 Å². The molecule has 20 heavy (non-hydrogen) atoms. The van der Waals surface area contributed by atoms with Crippen molar-refractivity contribution in [2.45, 2.75) is 58.1 Å². The van der Waals surface area contributed by atoms with Crippen LogP contribution in [0.2, 0.25) is 0 Å². The van der Waals surface area contributed by atoms with Gasteiger partial charge in [0.2, 0.25) is 0 Å². The molecule has 1 aliphatic rings. The first-order chi connectivity index (χ1) is 9.69. The second kappa shape index (κ2) is 7.21. The number of methoxy groups -OCH3 is 1. The zero-order valence-electron chi connectivity index (χ0n) is 13.0. The molecule has 2 unspecified atom stereocenters. The number of benzene rings is 1. The van der Waals surface area contributed by atoms with Gasteiger partial charge in [-0.05, 0) is 49.3 Å². The Morgan fingerprint density at radius 2 is 1.90 bits per heavy atom. The van der Waals surface area contributed by atoms with Crippen LogP contribution < -0.4 is 11.3 Å². The van der Waals surface area contributed by atoms with Gasteiger partial charge in [0.25, 0.3) is 0 Å². The first-order valence-corrected chi connectivity index (χ1v) is 7.74. The molecule has 0 aromatic heterocycles. The van der Waals surface area contributed by atoms with Crippen molar-refractivity contribution >= 4 is 0 Å². The molecular formula is C17H28N2O. The number of nitrogens with two attached hydrogens (primary N) is 1. The smallest absolute Gasteiger partial charge is 0.0807 e. The van der Waals surface area contributed by atoms with Crippen LogP contribution in [0.5, 0.6) is 0 Å². The molecule has 2 atom stereocenters. The maximum atomic E-state index is 5.88. The fourth-order valence-corrected chi connectivity index (χ4v) is 3.54. The van der Waals surface area contributed by atoms with Gasteiger partial charge in [0.15, 0.2) is 0 Å². The highest BCUT2D eigenvalue weighted by atomic mass is 16.5. The molecule has 112 valence electrons. The first kappa shape index (κ1) is 15.5. The van der Waals surface area contributed by atoms with E-state index in [0.717, 1.165) is 0 Å². The average molecular weight is 276 g/mol. The van der Waals surface area contributed by atoms with Gasteiger partial charge in [0.05, 0.1) is 12.1 Å². The maximum Gasteiger partial charge on any atom is 0.0807 e. The van der Waals surface area contributed by atoms with E-state index in [4.69, 9.17) is 10.6 Å². The quantitative estimate of drug-likeness (QED) is 0.640. The Hall–Kier alpha value is -0.900. The highest BCUT2D eigenvalue weighted by molar-refractivity contribution is 5.36. The normalized spacial score (nSPS) is 19.8. The third-order valence-corrected chi connectivity index (χ3v) is 4.88. The monoisotopic (exact) mass is 276 g/mol. The number of hydrogen-bond acceptors (Lipinski definition) is 3. The second-order valence-electron chi connectivity index (χ2n) is 6.03. The number of aryl methyl sites for hydroxylation is 1. The van der Waals surface area contributed by atoms with Crippen molar-refractivity contribution in [2.75, 3.05) is 7.11 Å². The van der Waals surface area contributed by atoms with E-state index in [0.29, 0.717) is 5.92 Å². The van der Waals surface area contributed by atoms with Crippen molar-refractivity contribution in [2.24, 2.45) is 11.8 Å². The van der Waals surface area contributed by atoms with Crippen molar-refractivity contribution in [3.05, 3.63) is 34.9 Å². The van der Waals surface area contributed by atoms with Crippen LogP contribution in [0.15, 0.2) is 18.2 Å². The van der Waals surface area contributed by atoms with Crippen LogP contribution in [-0.4, -0.2) is 13.2 Å². The fraction of sp³-hybridized carbons (Fsp3) is 0.647. The van der Waals surface area contributed by atoms with Crippen molar-refractivity contribution in [3.8, 4) is 0 Å². The van der Waals surface area contributed by atoms with Gasteiger partial charge in [0, 0.05) is 7.11 Å². The van der Waals surface area contributed by atoms with Gasteiger partial charge in [-0.15, -0.1) is 0 Å². The second-order valence-corrected chi connectivity index (χ2v) is 6.03. The van der Waals surface area contributed by atoms with E-state index in [1.165, 1.54) is 48.8 Å². The van der Waals surface area contributed by atoms with Crippen molar-refractivity contribution < 1.29 is 4.74 Å². The summed E-state index contributed by atoms with van der Waals surface area (Å²) in [6, 6.07) is 6.49. The molecule has 2 rings (SSSR count). The number of hydrazine groups is 1. The highest BCUT2D eigenvalue weighted by Gasteiger charge is 2.31. The lowest BCUT2D eigenvalue weighted by atomic mass is 9.80. The van der Waals surface area contributed by atoms with Crippen LogP contribution in [0.4, 0.5) is 0 Å².